The molecule has 1 aromatic heterocycles. The first kappa shape index (κ1) is 12.5. The first-order chi connectivity index (χ1) is 7.59. The predicted octanol–water partition coefficient (Wildman–Crippen LogP) is 0.891. The zero-order valence-corrected chi connectivity index (χ0v) is 8.29. The van der Waals surface area contributed by atoms with Crippen LogP contribution in [0.4, 0.5) is 24.9 Å². The van der Waals surface area contributed by atoms with Gasteiger partial charge in [0.25, 0.3) is 6.43 Å². The Morgan fingerprint density at radius 2 is 2.25 bits per heavy atom. The minimum absolute atomic E-state index is 0.0215. The van der Waals surface area contributed by atoms with E-state index >= 15 is 0 Å². The van der Waals surface area contributed by atoms with Crippen molar-refractivity contribution < 1.29 is 17.9 Å². The number of nitrogens with one attached hydrogen (secondary N) is 1. The number of anilines is 2. The van der Waals surface area contributed by atoms with Gasteiger partial charge >= 0.3 is 0 Å². The molecule has 0 saturated carbocycles. The number of aromatic nitrogens is 2. The number of nitrogens with two attached hydrogens (primary N) is 1. The fraction of sp³-hybridized carbons (Fsp3) is 0.500. The van der Waals surface area contributed by atoms with Gasteiger partial charge in [-0.15, -0.1) is 0 Å². The third kappa shape index (κ3) is 4.30. The lowest BCUT2D eigenvalue weighted by atomic mass is 10.5. The van der Waals surface area contributed by atoms with Crippen LogP contribution in [0.5, 0.6) is 0 Å². The first-order valence-corrected chi connectivity index (χ1v) is 4.47. The summed E-state index contributed by atoms with van der Waals surface area (Å²) in [6, 6.07) is 0. The summed E-state index contributed by atoms with van der Waals surface area (Å²) < 4.78 is 40.9. The molecule has 0 aliphatic heterocycles. The van der Waals surface area contributed by atoms with Gasteiger partial charge in [-0.25, -0.2) is 18.2 Å². The third-order valence-corrected chi connectivity index (χ3v) is 1.55. The van der Waals surface area contributed by atoms with E-state index in [1.165, 1.54) is 0 Å². The molecule has 0 atom stereocenters. The average molecular weight is 236 g/mol. The van der Waals surface area contributed by atoms with Crippen LogP contribution in [-0.4, -0.2) is 36.2 Å². The van der Waals surface area contributed by atoms with Crippen molar-refractivity contribution in [3.8, 4) is 0 Å². The number of hydrogen-bond acceptors (Lipinski definition) is 5. The molecule has 0 amide bonds. The number of halogens is 3. The van der Waals surface area contributed by atoms with Crippen LogP contribution >= 0.6 is 0 Å². The maximum atomic E-state index is 13.0. The molecule has 3 N–H and O–H groups in total. The Kier molecular flexibility index (Phi) is 4.77. The molecule has 1 heterocycles. The largest absolute Gasteiger partial charge is 0.374 e. The fourth-order valence-electron chi connectivity index (χ4n) is 0.919. The molecule has 0 radical (unpaired) electrons. The molecule has 0 aliphatic carbocycles. The Morgan fingerprint density at radius 1 is 1.50 bits per heavy atom. The molecule has 0 spiro atoms. The van der Waals surface area contributed by atoms with Crippen molar-refractivity contribution in [1.82, 2.24) is 9.97 Å². The van der Waals surface area contributed by atoms with Gasteiger partial charge in [-0.05, 0) is 0 Å². The second-order valence-corrected chi connectivity index (χ2v) is 2.82. The standard InChI is InChI=1S/C8H11F3N4O/c9-5-3-14-8(12)15-7(5)13-1-2-16-4-6(10)11/h3,6H,1-2,4H2,(H3,12,13,14,15). The molecule has 0 bridgehead atoms. The number of rotatable bonds is 6. The van der Waals surface area contributed by atoms with Gasteiger partial charge in [0.2, 0.25) is 5.95 Å². The van der Waals surface area contributed by atoms with E-state index in [1.807, 2.05) is 0 Å². The predicted molar refractivity (Wildman–Crippen MR) is 51.7 cm³/mol. The number of ether oxygens (including phenoxy) is 1. The molecule has 16 heavy (non-hydrogen) atoms. The summed E-state index contributed by atoms with van der Waals surface area (Å²) in [7, 11) is 0. The van der Waals surface area contributed by atoms with Gasteiger partial charge in [-0.2, -0.15) is 4.98 Å². The molecule has 0 aromatic carbocycles. The summed E-state index contributed by atoms with van der Waals surface area (Å²) in [6.45, 7) is -0.468. The molecule has 5 nitrogen and oxygen atoms in total. The Morgan fingerprint density at radius 3 is 2.94 bits per heavy atom. The number of alkyl halides is 2. The number of nitrogen functional groups attached to an aromatic ring is 1. The molecule has 8 heteroatoms. The molecule has 0 saturated heterocycles. The van der Waals surface area contributed by atoms with Gasteiger partial charge in [0.05, 0.1) is 12.8 Å². The second kappa shape index (κ2) is 6.11. The lowest BCUT2D eigenvalue weighted by Gasteiger charge is -2.07. The SMILES string of the molecule is Nc1ncc(F)c(NCCOCC(F)F)n1. The number of hydrogen-bond donors (Lipinski definition) is 2. The zero-order chi connectivity index (χ0) is 12.0. The summed E-state index contributed by atoms with van der Waals surface area (Å²) in [5.74, 6) is -0.811. The van der Waals surface area contributed by atoms with Crippen molar-refractivity contribution in [1.29, 1.82) is 0 Å². The van der Waals surface area contributed by atoms with E-state index in [4.69, 9.17) is 5.73 Å². The van der Waals surface area contributed by atoms with E-state index in [0.717, 1.165) is 6.20 Å². The molecule has 90 valence electrons. The minimum atomic E-state index is -2.51. The monoisotopic (exact) mass is 236 g/mol. The molecule has 1 rings (SSSR count). The highest BCUT2D eigenvalue weighted by Gasteiger charge is 2.05. The molecule has 0 unspecified atom stereocenters. The Hall–Kier alpha value is -1.57. The van der Waals surface area contributed by atoms with Crippen LogP contribution in [0.2, 0.25) is 0 Å². The van der Waals surface area contributed by atoms with Crippen LogP contribution in [-0.2, 0) is 4.74 Å². The molecule has 0 fully saturated rings. The lowest BCUT2D eigenvalue weighted by Crippen LogP contribution is -2.15. The van der Waals surface area contributed by atoms with E-state index in [9.17, 15) is 13.2 Å². The molecular weight excluding hydrogens is 225 g/mol. The van der Waals surface area contributed by atoms with E-state index in [1.54, 1.807) is 0 Å². The highest BCUT2D eigenvalue weighted by atomic mass is 19.3. The maximum Gasteiger partial charge on any atom is 0.261 e. The quantitative estimate of drug-likeness (QED) is 0.717. The summed E-state index contributed by atoms with van der Waals surface area (Å²) in [4.78, 5) is 7.01. The molecule has 1 aromatic rings. The normalized spacial score (nSPS) is 10.8. The Labute approximate surface area is 89.8 Å². The summed E-state index contributed by atoms with van der Waals surface area (Å²) in [5, 5.41) is 2.55. The zero-order valence-electron chi connectivity index (χ0n) is 8.29. The van der Waals surface area contributed by atoms with Crippen LogP contribution in [0, 0.1) is 5.82 Å². The van der Waals surface area contributed by atoms with Crippen molar-refractivity contribution in [2.24, 2.45) is 0 Å². The summed E-state index contributed by atoms with van der Waals surface area (Å²) in [6.07, 6.45) is -1.59. The maximum absolute atomic E-state index is 13.0. The van der Waals surface area contributed by atoms with Crippen molar-refractivity contribution in [3.05, 3.63) is 12.0 Å². The molecule has 0 aliphatic rings. The van der Waals surface area contributed by atoms with Crippen molar-refractivity contribution in [2.75, 3.05) is 30.8 Å². The van der Waals surface area contributed by atoms with Crippen molar-refractivity contribution in [3.63, 3.8) is 0 Å². The average Bonchev–Trinajstić information content (AvgIpc) is 2.22. The summed E-state index contributed by atoms with van der Waals surface area (Å²) >= 11 is 0. The van der Waals surface area contributed by atoms with E-state index in [-0.39, 0.29) is 24.9 Å². The first-order valence-electron chi connectivity index (χ1n) is 4.47. The molecular formula is C8H11F3N4O. The van der Waals surface area contributed by atoms with Crippen LogP contribution in [0.1, 0.15) is 0 Å². The number of nitrogens with zero attached hydrogens (tertiary/aromatic N) is 2. The topological polar surface area (TPSA) is 73.1 Å². The van der Waals surface area contributed by atoms with E-state index < -0.39 is 18.8 Å². The van der Waals surface area contributed by atoms with Gasteiger partial charge in [-0.1, -0.05) is 0 Å². The van der Waals surface area contributed by atoms with Gasteiger partial charge in [0.1, 0.15) is 6.61 Å². The highest BCUT2D eigenvalue weighted by molar-refractivity contribution is 5.38. The smallest absolute Gasteiger partial charge is 0.261 e. The minimum Gasteiger partial charge on any atom is -0.374 e. The van der Waals surface area contributed by atoms with Crippen molar-refractivity contribution >= 4 is 11.8 Å². The van der Waals surface area contributed by atoms with Gasteiger partial charge in [0, 0.05) is 6.54 Å². The van der Waals surface area contributed by atoms with Gasteiger partial charge in [0.15, 0.2) is 11.6 Å². The van der Waals surface area contributed by atoms with E-state index in [0.29, 0.717) is 0 Å². The Balaban J connectivity index is 2.29. The van der Waals surface area contributed by atoms with Crippen LogP contribution in [0.15, 0.2) is 6.20 Å². The van der Waals surface area contributed by atoms with Crippen molar-refractivity contribution in [2.45, 2.75) is 6.43 Å². The lowest BCUT2D eigenvalue weighted by molar-refractivity contribution is 0.0214. The van der Waals surface area contributed by atoms with Crippen LogP contribution in [0.25, 0.3) is 0 Å². The highest BCUT2D eigenvalue weighted by Crippen LogP contribution is 2.09. The third-order valence-electron chi connectivity index (χ3n) is 1.55. The van der Waals surface area contributed by atoms with E-state index in [2.05, 4.69) is 20.0 Å². The summed E-state index contributed by atoms with van der Waals surface area (Å²) in [5.41, 5.74) is 5.24. The second-order valence-electron chi connectivity index (χ2n) is 2.82. The Bertz CT molecular complexity index is 337. The van der Waals surface area contributed by atoms with Gasteiger partial charge < -0.3 is 15.8 Å². The van der Waals surface area contributed by atoms with Crippen LogP contribution in [0.3, 0.4) is 0 Å². The van der Waals surface area contributed by atoms with Crippen LogP contribution < -0.4 is 11.1 Å². The van der Waals surface area contributed by atoms with Gasteiger partial charge in [-0.3, -0.25) is 0 Å². The fourth-order valence-corrected chi connectivity index (χ4v) is 0.919.